The molecule has 0 bridgehead atoms. The average Bonchev–Trinajstić information content (AvgIpc) is 3.57. The first-order chi connectivity index (χ1) is 21.2. The molecule has 0 fully saturated rings. The van der Waals surface area contributed by atoms with Crippen LogP contribution in [0.4, 0.5) is 0 Å². The molecule has 3 heteroatoms. The van der Waals surface area contributed by atoms with Crippen molar-refractivity contribution in [3.8, 4) is 0 Å². The van der Waals surface area contributed by atoms with E-state index < -0.39 is 0 Å². The summed E-state index contributed by atoms with van der Waals surface area (Å²) in [5.41, 5.74) is 8.29. The second-order valence-corrected chi connectivity index (χ2v) is 11.5. The molecular formula is C40H26O2S. The molecule has 0 saturated carbocycles. The quantitative estimate of drug-likeness (QED) is 0.224. The number of hydrogen-bond acceptors (Lipinski definition) is 3. The topological polar surface area (TPSA) is 34.1 Å². The van der Waals surface area contributed by atoms with E-state index in [1.807, 2.05) is 146 Å². The number of rotatable bonds is 4. The Kier molecular flexibility index (Phi) is 7.08. The molecule has 2 nitrogen and oxygen atoms in total. The average molecular weight is 571 g/mol. The lowest BCUT2D eigenvalue weighted by Crippen LogP contribution is -2.13. The van der Waals surface area contributed by atoms with Gasteiger partial charge in [0.15, 0.2) is 11.6 Å². The van der Waals surface area contributed by atoms with E-state index in [0.29, 0.717) is 22.3 Å². The third-order valence-corrected chi connectivity index (χ3v) is 8.88. The van der Waals surface area contributed by atoms with Gasteiger partial charge in [-0.05, 0) is 69.8 Å². The molecule has 204 valence electrons. The van der Waals surface area contributed by atoms with Crippen molar-refractivity contribution in [2.75, 3.05) is 0 Å². The standard InChI is InChI=1S/C40H26O2S/c41-39-33(27-13-5-1-6-14-27)23-31(24-34(39)28-15-7-2-8-16-28)37-21-22-38(43-37)32-25-35(29-17-9-3-10-18-29)40(42)36(26-32)30-19-11-4-12-20-30/h1-26H. The number of carbonyl (C=O) groups excluding carboxylic acids is 2. The van der Waals surface area contributed by atoms with Crippen LogP contribution in [0, 0.1) is 0 Å². The van der Waals surface area contributed by atoms with Gasteiger partial charge in [-0.15, -0.1) is 11.3 Å². The highest BCUT2D eigenvalue weighted by Gasteiger charge is 2.24. The minimum atomic E-state index is 0.0176. The van der Waals surface area contributed by atoms with Gasteiger partial charge in [-0.1, -0.05) is 121 Å². The van der Waals surface area contributed by atoms with Crippen LogP contribution in [0.15, 0.2) is 158 Å². The maximum atomic E-state index is 13.7. The monoisotopic (exact) mass is 570 g/mol. The Hall–Kier alpha value is -5.38. The van der Waals surface area contributed by atoms with E-state index >= 15 is 0 Å². The van der Waals surface area contributed by atoms with Gasteiger partial charge in [-0.3, -0.25) is 9.59 Å². The van der Waals surface area contributed by atoms with Crippen LogP contribution in [0.3, 0.4) is 0 Å². The van der Waals surface area contributed by atoms with E-state index in [4.69, 9.17) is 0 Å². The first-order valence-corrected chi connectivity index (χ1v) is 15.0. The molecule has 0 N–H and O–H groups in total. The first kappa shape index (κ1) is 26.5. The minimum absolute atomic E-state index is 0.0176. The molecule has 1 heterocycles. The van der Waals surface area contributed by atoms with Crippen molar-refractivity contribution in [3.63, 3.8) is 0 Å². The molecule has 1 aromatic heterocycles. The van der Waals surface area contributed by atoms with Crippen LogP contribution in [-0.4, -0.2) is 11.6 Å². The number of allylic oxidation sites excluding steroid dienone is 8. The van der Waals surface area contributed by atoms with E-state index in [-0.39, 0.29) is 11.6 Å². The zero-order valence-corrected chi connectivity index (χ0v) is 24.1. The number of ketones is 2. The second-order valence-electron chi connectivity index (χ2n) is 10.4. The lowest BCUT2D eigenvalue weighted by Gasteiger charge is -2.16. The molecule has 0 amide bonds. The Morgan fingerprint density at radius 2 is 0.581 bits per heavy atom. The van der Waals surface area contributed by atoms with Crippen LogP contribution in [0.5, 0.6) is 0 Å². The van der Waals surface area contributed by atoms with Crippen molar-refractivity contribution in [2.45, 2.75) is 0 Å². The molecule has 0 aliphatic heterocycles. The number of thiophene rings is 1. The molecule has 0 spiro atoms. The van der Waals surface area contributed by atoms with Gasteiger partial charge in [0, 0.05) is 31.4 Å². The Morgan fingerprint density at radius 1 is 0.326 bits per heavy atom. The molecule has 4 aromatic carbocycles. The lowest BCUT2D eigenvalue weighted by molar-refractivity contribution is -0.109. The van der Waals surface area contributed by atoms with Crippen molar-refractivity contribution in [3.05, 3.63) is 189 Å². The molecule has 7 rings (SSSR count). The molecule has 0 saturated heterocycles. The Labute approximate surface area is 254 Å². The number of benzene rings is 4. The molecular weight excluding hydrogens is 545 g/mol. The Balaban J connectivity index is 1.45. The Morgan fingerprint density at radius 3 is 0.837 bits per heavy atom. The van der Waals surface area contributed by atoms with Crippen LogP contribution in [0.25, 0.3) is 33.4 Å². The van der Waals surface area contributed by atoms with E-state index in [0.717, 1.165) is 42.5 Å². The van der Waals surface area contributed by atoms with E-state index in [9.17, 15) is 9.59 Å². The molecule has 2 aliphatic rings. The van der Waals surface area contributed by atoms with Gasteiger partial charge >= 0.3 is 0 Å². The smallest absolute Gasteiger partial charge is 0.194 e. The van der Waals surface area contributed by atoms with Gasteiger partial charge in [0.05, 0.1) is 0 Å². The lowest BCUT2D eigenvalue weighted by atomic mass is 9.86. The van der Waals surface area contributed by atoms with Crippen LogP contribution >= 0.6 is 11.3 Å². The molecule has 2 aliphatic carbocycles. The summed E-state index contributed by atoms with van der Waals surface area (Å²) in [5.74, 6) is 0.0351. The molecule has 0 atom stereocenters. The predicted molar refractivity (Wildman–Crippen MR) is 178 cm³/mol. The highest BCUT2D eigenvalue weighted by atomic mass is 32.1. The maximum Gasteiger partial charge on any atom is 0.194 e. The Bertz CT molecular complexity index is 1830. The third-order valence-electron chi connectivity index (χ3n) is 7.69. The van der Waals surface area contributed by atoms with E-state index in [1.54, 1.807) is 11.3 Å². The summed E-state index contributed by atoms with van der Waals surface area (Å²) in [6, 6.07) is 43.6. The van der Waals surface area contributed by atoms with Gasteiger partial charge in [0.2, 0.25) is 0 Å². The van der Waals surface area contributed by atoms with E-state index in [1.165, 1.54) is 0 Å². The number of Topliss-reactive ketones (excluding diaryl/α,β-unsaturated/α-hetero) is 2. The molecule has 0 radical (unpaired) electrons. The number of carbonyl (C=O) groups is 2. The van der Waals surface area contributed by atoms with Gasteiger partial charge in [-0.25, -0.2) is 0 Å². The zero-order chi connectivity index (χ0) is 29.2. The zero-order valence-electron chi connectivity index (χ0n) is 23.2. The van der Waals surface area contributed by atoms with Gasteiger partial charge < -0.3 is 0 Å². The van der Waals surface area contributed by atoms with Gasteiger partial charge in [0.1, 0.15) is 0 Å². The summed E-state index contributed by atoms with van der Waals surface area (Å²) in [7, 11) is 0. The molecule has 43 heavy (non-hydrogen) atoms. The van der Waals surface area contributed by atoms with Gasteiger partial charge in [-0.2, -0.15) is 0 Å². The SMILES string of the molecule is O=C1C(c2ccccc2)=CC(=c2ccc(=C3C=C(c4ccccc4)C(=O)C(c4ccccc4)=C3)s2)C=C1c1ccccc1. The van der Waals surface area contributed by atoms with E-state index in [2.05, 4.69) is 12.1 Å². The fourth-order valence-corrected chi connectivity index (χ4v) is 6.50. The van der Waals surface area contributed by atoms with Crippen molar-refractivity contribution >= 4 is 56.3 Å². The summed E-state index contributed by atoms with van der Waals surface area (Å²) in [6.45, 7) is 0. The summed E-state index contributed by atoms with van der Waals surface area (Å²) < 4.78 is 2.11. The van der Waals surface area contributed by atoms with Gasteiger partial charge in [0.25, 0.3) is 0 Å². The second kappa shape index (κ2) is 11.5. The summed E-state index contributed by atoms with van der Waals surface area (Å²) in [5, 5.41) is 0. The third kappa shape index (κ3) is 5.23. The number of hydrogen-bond donors (Lipinski definition) is 0. The van der Waals surface area contributed by atoms with Crippen molar-refractivity contribution in [1.82, 2.24) is 0 Å². The van der Waals surface area contributed by atoms with Crippen LogP contribution in [0.2, 0.25) is 0 Å². The molecule has 5 aromatic rings. The highest BCUT2D eigenvalue weighted by Crippen LogP contribution is 2.34. The molecule has 0 unspecified atom stereocenters. The summed E-state index contributed by atoms with van der Waals surface area (Å²) in [6.07, 6.45) is 8.02. The fraction of sp³-hybridized carbons (Fsp3) is 0. The normalized spacial score (nSPS) is 15.1. The summed E-state index contributed by atoms with van der Waals surface area (Å²) >= 11 is 1.66. The maximum absolute atomic E-state index is 13.7. The minimum Gasteiger partial charge on any atom is -0.289 e. The van der Waals surface area contributed by atoms with Crippen molar-refractivity contribution < 1.29 is 9.59 Å². The fourth-order valence-electron chi connectivity index (χ4n) is 5.52. The first-order valence-electron chi connectivity index (χ1n) is 14.2. The van der Waals surface area contributed by atoms with Crippen LogP contribution in [0.1, 0.15) is 22.3 Å². The highest BCUT2D eigenvalue weighted by molar-refractivity contribution is 7.08. The summed E-state index contributed by atoms with van der Waals surface area (Å²) in [4.78, 5) is 27.5. The van der Waals surface area contributed by atoms with Crippen LogP contribution < -0.4 is 9.06 Å². The van der Waals surface area contributed by atoms with Crippen molar-refractivity contribution in [1.29, 1.82) is 0 Å². The predicted octanol–water partition coefficient (Wildman–Crippen LogP) is 7.55. The van der Waals surface area contributed by atoms with Crippen molar-refractivity contribution in [2.24, 2.45) is 0 Å². The van der Waals surface area contributed by atoms with Crippen LogP contribution in [-0.2, 0) is 9.59 Å². The largest absolute Gasteiger partial charge is 0.289 e.